The van der Waals surface area contributed by atoms with E-state index in [9.17, 15) is 9.90 Å². The Labute approximate surface area is 98.6 Å². The van der Waals surface area contributed by atoms with Crippen molar-refractivity contribution in [3.8, 4) is 0 Å². The summed E-state index contributed by atoms with van der Waals surface area (Å²) in [5, 5.41) is 12.4. The van der Waals surface area contributed by atoms with Gasteiger partial charge in [0.2, 0.25) is 5.91 Å². The van der Waals surface area contributed by atoms with E-state index in [2.05, 4.69) is 19.2 Å². The van der Waals surface area contributed by atoms with Crippen molar-refractivity contribution in [1.29, 1.82) is 0 Å². The summed E-state index contributed by atoms with van der Waals surface area (Å²) in [4.78, 5) is 11.7. The minimum atomic E-state index is -0.110. The fourth-order valence-corrected chi connectivity index (χ4v) is 2.06. The molecule has 3 nitrogen and oxygen atoms in total. The van der Waals surface area contributed by atoms with Crippen molar-refractivity contribution in [2.45, 2.75) is 52.6 Å². The third kappa shape index (κ3) is 4.12. The molecular weight excluding hydrogens is 202 g/mol. The van der Waals surface area contributed by atoms with Crippen LogP contribution in [-0.2, 0) is 4.79 Å². The maximum absolute atomic E-state index is 11.7. The highest BCUT2D eigenvalue weighted by molar-refractivity contribution is 5.78. The second kappa shape index (κ2) is 6.24. The van der Waals surface area contributed by atoms with Crippen molar-refractivity contribution in [3.63, 3.8) is 0 Å². The smallest absolute Gasteiger partial charge is 0.223 e. The van der Waals surface area contributed by atoms with E-state index in [0.29, 0.717) is 11.8 Å². The number of aliphatic hydroxyl groups excluding tert-OH is 1. The molecule has 2 N–H and O–H groups in total. The molecule has 0 saturated heterocycles. The highest BCUT2D eigenvalue weighted by Gasteiger charge is 2.21. The van der Waals surface area contributed by atoms with Gasteiger partial charge in [-0.2, -0.15) is 0 Å². The van der Waals surface area contributed by atoms with E-state index in [1.807, 2.05) is 6.92 Å². The van der Waals surface area contributed by atoms with Gasteiger partial charge in [-0.05, 0) is 37.5 Å². The van der Waals surface area contributed by atoms with Gasteiger partial charge in [0.15, 0.2) is 0 Å². The van der Waals surface area contributed by atoms with Crippen molar-refractivity contribution >= 4 is 5.91 Å². The predicted molar refractivity (Wildman–Crippen MR) is 65.0 cm³/mol. The fourth-order valence-electron chi connectivity index (χ4n) is 2.06. The summed E-state index contributed by atoms with van der Waals surface area (Å²) in [5.41, 5.74) is 0. The molecule has 0 aromatic heterocycles. The zero-order valence-electron chi connectivity index (χ0n) is 10.7. The van der Waals surface area contributed by atoms with Gasteiger partial charge in [-0.25, -0.2) is 0 Å². The average molecular weight is 227 g/mol. The lowest BCUT2D eigenvalue weighted by atomic mass is 9.87. The lowest BCUT2D eigenvalue weighted by Crippen LogP contribution is -2.36. The van der Waals surface area contributed by atoms with Gasteiger partial charge in [-0.1, -0.05) is 20.8 Å². The SMILES string of the molecule is CC(C)C(C)C(=O)NCC1CCC(O)CC1. The number of carbonyl (C=O) groups excluding carboxylic acids is 1. The van der Waals surface area contributed by atoms with Crippen LogP contribution >= 0.6 is 0 Å². The van der Waals surface area contributed by atoms with E-state index in [4.69, 9.17) is 0 Å². The van der Waals surface area contributed by atoms with Gasteiger partial charge in [0.1, 0.15) is 0 Å². The maximum Gasteiger partial charge on any atom is 0.223 e. The number of amides is 1. The zero-order chi connectivity index (χ0) is 12.1. The Bertz CT molecular complexity index is 220. The first-order chi connectivity index (χ1) is 7.50. The van der Waals surface area contributed by atoms with Crippen LogP contribution in [0.2, 0.25) is 0 Å². The molecule has 1 aliphatic carbocycles. The molecule has 3 heteroatoms. The van der Waals surface area contributed by atoms with Crippen LogP contribution in [0, 0.1) is 17.8 Å². The van der Waals surface area contributed by atoms with Crippen molar-refractivity contribution < 1.29 is 9.90 Å². The lowest BCUT2D eigenvalue weighted by Gasteiger charge is -2.26. The lowest BCUT2D eigenvalue weighted by molar-refractivity contribution is -0.125. The van der Waals surface area contributed by atoms with Crippen LogP contribution in [0.3, 0.4) is 0 Å². The minimum Gasteiger partial charge on any atom is -0.393 e. The van der Waals surface area contributed by atoms with E-state index in [1.165, 1.54) is 0 Å². The zero-order valence-corrected chi connectivity index (χ0v) is 10.7. The van der Waals surface area contributed by atoms with Gasteiger partial charge in [0.25, 0.3) is 0 Å². The van der Waals surface area contributed by atoms with E-state index in [1.54, 1.807) is 0 Å². The number of hydrogen-bond acceptors (Lipinski definition) is 2. The molecule has 0 spiro atoms. The fraction of sp³-hybridized carbons (Fsp3) is 0.923. The first kappa shape index (κ1) is 13.5. The predicted octanol–water partition coefficient (Wildman–Crippen LogP) is 1.95. The molecule has 1 aliphatic rings. The third-order valence-electron chi connectivity index (χ3n) is 3.79. The Balaban J connectivity index is 2.22. The molecule has 0 aromatic carbocycles. The molecule has 0 radical (unpaired) electrons. The summed E-state index contributed by atoms with van der Waals surface area (Å²) in [6.45, 7) is 6.90. The first-order valence-electron chi connectivity index (χ1n) is 6.46. The van der Waals surface area contributed by atoms with Crippen LogP contribution < -0.4 is 5.32 Å². The molecular formula is C13H25NO2. The summed E-state index contributed by atoms with van der Waals surface area (Å²) in [5.74, 6) is 1.22. The van der Waals surface area contributed by atoms with Gasteiger partial charge < -0.3 is 10.4 Å². The summed E-state index contributed by atoms with van der Waals surface area (Å²) in [6.07, 6.45) is 3.75. The van der Waals surface area contributed by atoms with Gasteiger partial charge in [0.05, 0.1) is 6.10 Å². The molecule has 0 heterocycles. The summed E-state index contributed by atoms with van der Waals surface area (Å²) in [6, 6.07) is 0. The Morgan fingerprint density at radius 2 is 1.81 bits per heavy atom. The summed E-state index contributed by atoms with van der Waals surface area (Å²) >= 11 is 0. The molecule has 94 valence electrons. The second-order valence-electron chi connectivity index (χ2n) is 5.45. The van der Waals surface area contributed by atoms with Crippen molar-refractivity contribution in [2.75, 3.05) is 6.54 Å². The molecule has 0 aromatic rings. The largest absolute Gasteiger partial charge is 0.393 e. The Kier molecular flexibility index (Phi) is 5.26. The Morgan fingerprint density at radius 1 is 1.25 bits per heavy atom. The number of carbonyl (C=O) groups is 1. The standard InChI is InChI=1S/C13H25NO2/c1-9(2)10(3)13(16)14-8-11-4-6-12(15)7-5-11/h9-12,15H,4-8H2,1-3H3,(H,14,16). The highest BCUT2D eigenvalue weighted by atomic mass is 16.3. The maximum atomic E-state index is 11.7. The molecule has 1 unspecified atom stereocenters. The number of aliphatic hydroxyl groups is 1. The quantitative estimate of drug-likeness (QED) is 0.771. The molecule has 1 saturated carbocycles. The summed E-state index contributed by atoms with van der Waals surface area (Å²) in [7, 11) is 0. The van der Waals surface area contributed by atoms with E-state index in [0.717, 1.165) is 32.2 Å². The third-order valence-corrected chi connectivity index (χ3v) is 3.79. The van der Waals surface area contributed by atoms with Crippen LogP contribution in [0.1, 0.15) is 46.5 Å². The van der Waals surface area contributed by atoms with Crippen molar-refractivity contribution in [2.24, 2.45) is 17.8 Å². The van der Waals surface area contributed by atoms with Crippen LogP contribution in [0.4, 0.5) is 0 Å². The number of nitrogens with one attached hydrogen (secondary N) is 1. The van der Waals surface area contributed by atoms with Gasteiger partial charge in [0, 0.05) is 12.5 Å². The van der Waals surface area contributed by atoms with Crippen LogP contribution in [0.15, 0.2) is 0 Å². The monoisotopic (exact) mass is 227 g/mol. The molecule has 0 bridgehead atoms. The van der Waals surface area contributed by atoms with E-state index in [-0.39, 0.29) is 17.9 Å². The number of hydrogen-bond donors (Lipinski definition) is 2. The Hall–Kier alpha value is -0.570. The molecule has 1 atom stereocenters. The molecule has 1 amide bonds. The topological polar surface area (TPSA) is 49.3 Å². The first-order valence-corrected chi connectivity index (χ1v) is 6.46. The van der Waals surface area contributed by atoms with Gasteiger partial charge in [-0.15, -0.1) is 0 Å². The molecule has 1 fully saturated rings. The Morgan fingerprint density at radius 3 is 2.31 bits per heavy atom. The minimum absolute atomic E-state index is 0.0918. The van der Waals surface area contributed by atoms with Crippen LogP contribution in [-0.4, -0.2) is 23.7 Å². The normalized spacial score (nSPS) is 27.8. The second-order valence-corrected chi connectivity index (χ2v) is 5.45. The van der Waals surface area contributed by atoms with Crippen molar-refractivity contribution in [1.82, 2.24) is 5.32 Å². The van der Waals surface area contributed by atoms with Crippen LogP contribution in [0.5, 0.6) is 0 Å². The molecule has 0 aliphatic heterocycles. The van der Waals surface area contributed by atoms with E-state index < -0.39 is 0 Å². The highest BCUT2D eigenvalue weighted by Crippen LogP contribution is 2.23. The van der Waals surface area contributed by atoms with E-state index >= 15 is 0 Å². The van der Waals surface area contributed by atoms with Crippen molar-refractivity contribution in [3.05, 3.63) is 0 Å². The molecule has 1 rings (SSSR count). The number of rotatable bonds is 4. The summed E-state index contributed by atoms with van der Waals surface area (Å²) < 4.78 is 0. The van der Waals surface area contributed by atoms with Crippen LogP contribution in [0.25, 0.3) is 0 Å². The average Bonchev–Trinajstić information content (AvgIpc) is 2.26. The molecule has 16 heavy (non-hydrogen) atoms. The van der Waals surface area contributed by atoms with Gasteiger partial charge in [-0.3, -0.25) is 4.79 Å². The van der Waals surface area contributed by atoms with Gasteiger partial charge >= 0.3 is 0 Å².